The molecule has 0 saturated carbocycles. The Bertz CT molecular complexity index is 921. The summed E-state index contributed by atoms with van der Waals surface area (Å²) in [5.74, 6) is -0.320. The van der Waals surface area contributed by atoms with E-state index in [2.05, 4.69) is 4.99 Å². The van der Waals surface area contributed by atoms with Gasteiger partial charge in [0.25, 0.3) is 5.91 Å². The lowest BCUT2D eigenvalue weighted by Crippen LogP contribution is -2.38. The molecule has 3 heterocycles. The molecule has 1 amide bonds. The van der Waals surface area contributed by atoms with Crippen LogP contribution in [-0.4, -0.2) is 60.8 Å². The van der Waals surface area contributed by atoms with Gasteiger partial charge in [-0.15, -0.1) is 0 Å². The highest BCUT2D eigenvalue weighted by molar-refractivity contribution is 8.16. The van der Waals surface area contributed by atoms with E-state index in [1.54, 1.807) is 23.1 Å². The summed E-state index contributed by atoms with van der Waals surface area (Å²) in [5.41, 5.74) is 1.21. The fourth-order valence-electron chi connectivity index (χ4n) is 3.68. The summed E-state index contributed by atoms with van der Waals surface area (Å²) in [4.78, 5) is 30.3. The molecule has 3 fully saturated rings. The summed E-state index contributed by atoms with van der Waals surface area (Å²) in [6.45, 7) is 2.04. The summed E-state index contributed by atoms with van der Waals surface area (Å²) in [7, 11) is -3.13. The number of benzene rings is 1. The number of thioether (sulfide) groups is 1. The third kappa shape index (κ3) is 3.68. The van der Waals surface area contributed by atoms with E-state index < -0.39 is 15.9 Å². The summed E-state index contributed by atoms with van der Waals surface area (Å²) >= 11 is 1.32. The molecule has 0 aliphatic carbocycles. The Morgan fingerprint density at radius 3 is 2.81 bits per heavy atom. The number of ether oxygens (including phenoxy) is 1. The van der Waals surface area contributed by atoms with Crippen LogP contribution in [-0.2, 0) is 19.4 Å². The maximum Gasteiger partial charge on any atom is 0.277 e. The number of aliphatic imine (C=N–C) groups is 1. The Morgan fingerprint density at radius 2 is 2.11 bits per heavy atom. The molecule has 7 nitrogen and oxygen atoms in total. The smallest absolute Gasteiger partial charge is 0.277 e. The van der Waals surface area contributed by atoms with Gasteiger partial charge in [-0.05, 0) is 31.9 Å². The Kier molecular flexibility index (Phi) is 4.85. The summed E-state index contributed by atoms with van der Waals surface area (Å²) in [6.07, 6.45) is 0.969. The second kappa shape index (κ2) is 7.03. The number of amidine groups is 1. The molecule has 1 aromatic rings. The van der Waals surface area contributed by atoms with Gasteiger partial charge in [-0.25, -0.2) is 8.42 Å². The van der Waals surface area contributed by atoms with E-state index >= 15 is 0 Å². The van der Waals surface area contributed by atoms with Gasteiger partial charge in [-0.2, -0.15) is 4.99 Å². The number of anilines is 1. The van der Waals surface area contributed by atoms with Gasteiger partial charge in [-0.3, -0.25) is 9.59 Å². The lowest BCUT2D eigenvalue weighted by Gasteiger charge is -2.25. The zero-order valence-corrected chi connectivity index (χ0v) is 16.5. The molecule has 3 saturated heterocycles. The SMILES string of the molecule is CC(=O)c1cccc(N2C(=NC(=O)[C@@H]3CCCO3)S[C@@H]3CS(=O)(=O)C[C@H]32)c1. The lowest BCUT2D eigenvalue weighted by atomic mass is 10.1. The quantitative estimate of drug-likeness (QED) is 0.702. The Hall–Kier alpha value is -1.71. The summed E-state index contributed by atoms with van der Waals surface area (Å²) in [6, 6.07) is 6.71. The van der Waals surface area contributed by atoms with Gasteiger partial charge >= 0.3 is 0 Å². The molecule has 0 spiro atoms. The standard InChI is InChI=1S/C18H20N2O5S2/c1-11(21)12-4-2-5-13(8-12)20-14-9-27(23,24)10-16(14)26-18(20)19-17(22)15-6-3-7-25-15/h2,4-5,8,14-16H,3,6-7,9-10H2,1H3/t14-,15+,16-/m1/s1. The Balaban J connectivity index is 1.71. The average molecular weight is 409 g/mol. The minimum Gasteiger partial charge on any atom is -0.368 e. The lowest BCUT2D eigenvalue weighted by molar-refractivity contribution is -0.126. The number of carbonyl (C=O) groups excluding carboxylic acids is 2. The number of carbonyl (C=O) groups is 2. The highest BCUT2D eigenvalue weighted by Gasteiger charge is 2.49. The number of hydrogen-bond donors (Lipinski definition) is 0. The van der Waals surface area contributed by atoms with Crippen molar-refractivity contribution in [2.75, 3.05) is 23.0 Å². The fourth-order valence-corrected chi connectivity index (χ4v) is 7.60. The predicted molar refractivity (Wildman–Crippen MR) is 104 cm³/mol. The molecule has 3 aliphatic rings. The number of rotatable bonds is 3. The van der Waals surface area contributed by atoms with Gasteiger partial charge in [0, 0.05) is 23.1 Å². The highest BCUT2D eigenvalue weighted by atomic mass is 32.2. The van der Waals surface area contributed by atoms with Crippen molar-refractivity contribution < 1.29 is 22.7 Å². The van der Waals surface area contributed by atoms with Gasteiger partial charge in [0.15, 0.2) is 20.8 Å². The van der Waals surface area contributed by atoms with Crippen molar-refractivity contribution in [1.29, 1.82) is 0 Å². The van der Waals surface area contributed by atoms with E-state index in [-0.39, 0.29) is 34.5 Å². The Labute approximate surface area is 162 Å². The molecule has 0 unspecified atom stereocenters. The molecule has 0 bridgehead atoms. The third-order valence-electron chi connectivity index (χ3n) is 5.01. The highest BCUT2D eigenvalue weighted by Crippen LogP contribution is 2.41. The van der Waals surface area contributed by atoms with Crippen LogP contribution >= 0.6 is 11.8 Å². The third-order valence-corrected chi connectivity index (χ3v) is 8.22. The van der Waals surface area contributed by atoms with Gasteiger partial charge in [0.2, 0.25) is 0 Å². The summed E-state index contributed by atoms with van der Waals surface area (Å²) in [5, 5.41) is 0.313. The maximum atomic E-state index is 12.5. The van der Waals surface area contributed by atoms with Crippen LogP contribution in [0.4, 0.5) is 5.69 Å². The van der Waals surface area contributed by atoms with E-state index in [9.17, 15) is 18.0 Å². The van der Waals surface area contributed by atoms with Crippen molar-refractivity contribution in [3.8, 4) is 0 Å². The van der Waals surface area contributed by atoms with Crippen LogP contribution in [0.2, 0.25) is 0 Å². The molecule has 0 radical (unpaired) electrons. The van der Waals surface area contributed by atoms with E-state index in [0.717, 1.165) is 6.42 Å². The molecule has 0 aromatic heterocycles. The molecule has 0 N–H and O–H groups in total. The number of hydrogen-bond acceptors (Lipinski definition) is 6. The monoisotopic (exact) mass is 408 g/mol. The zero-order valence-electron chi connectivity index (χ0n) is 14.8. The summed E-state index contributed by atoms with van der Waals surface area (Å²) < 4.78 is 29.6. The van der Waals surface area contributed by atoms with Crippen LogP contribution in [0.15, 0.2) is 29.3 Å². The molecular weight excluding hydrogens is 388 g/mol. The van der Waals surface area contributed by atoms with E-state index in [4.69, 9.17) is 4.74 Å². The maximum absolute atomic E-state index is 12.5. The zero-order chi connectivity index (χ0) is 19.2. The first-order chi connectivity index (χ1) is 12.8. The molecule has 4 rings (SSSR count). The second-order valence-electron chi connectivity index (χ2n) is 7.01. The van der Waals surface area contributed by atoms with Gasteiger partial charge in [-0.1, -0.05) is 23.9 Å². The number of Topliss-reactive ketones (excluding diaryl/α,β-unsaturated/α-hetero) is 1. The minimum absolute atomic E-state index is 0.0160. The first-order valence-electron chi connectivity index (χ1n) is 8.85. The van der Waals surface area contributed by atoms with E-state index in [1.807, 2.05) is 6.07 Å². The van der Waals surface area contributed by atoms with Gasteiger partial charge < -0.3 is 9.64 Å². The van der Waals surface area contributed by atoms with E-state index in [1.165, 1.54) is 18.7 Å². The van der Waals surface area contributed by atoms with Crippen LogP contribution in [0.25, 0.3) is 0 Å². The van der Waals surface area contributed by atoms with Crippen molar-refractivity contribution in [3.05, 3.63) is 29.8 Å². The second-order valence-corrected chi connectivity index (χ2v) is 10.4. The van der Waals surface area contributed by atoms with Gasteiger partial charge in [0.05, 0.1) is 17.5 Å². The van der Waals surface area contributed by atoms with Crippen LogP contribution in [0, 0.1) is 0 Å². The molecule has 9 heteroatoms. The van der Waals surface area contributed by atoms with Crippen molar-refractivity contribution >= 4 is 44.1 Å². The average Bonchev–Trinajstić information content (AvgIpc) is 3.29. The Morgan fingerprint density at radius 1 is 1.30 bits per heavy atom. The molecule has 3 atom stereocenters. The van der Waals surface area contributed by atoms with Crippen molar-refractivity contribution in [3.63, 3.8) is 0 Å². The first kappa shape index (κ1) is 18.6. The number of amides is 1. The number of fused-ring (bicyclic) bond motifs is 1. The largest absolute Gasteiger partial charge is 0.368 e. The minimum atomic E-state index is -3.13. The van der Waals surface area contributed by atoms with E-state index in [0.29, 0.717) is 29.4 Å². The molecular formula is C18H20N2O5S2. The topological polar surface area (TPSA) is 93.1 Å². The number of sulfone groups is 1. The molecule has 27 heavy (non-hydrogen) atoms. The van der Waals surface area contributed by atoms with Crippen LogP contribution in [0.3, 0.4) is 0 Å². The molecule has 144 valence electrons. The van der Waals surface area contributed by atoms with Crippen molar-refractivity contribution in [2.45, 2.75) is 37.2 Å². The number of nitrogens with zero attached hydrogens (tertiary/aromatic N) is 2. The van der Waals surface area contributed by atoms with Gasteiger partial charge in [0.1, 0.15) is 6.10 Å². The van der Waals surface area contributed by atoms with Crippen LogP contribution < -0.4 is 4.90 Å². The molecule has 3 aliphatic heterocycles. The van der Waals surface area contributed by atoms with Crippen molar-refractivity contribution in [1.82, 2.24) is 0 Å². The normalized spacial score (nSPS) is 30.6. The first-order valence-corrected chi connectivity index (χ1v) is 11.6. The van der Waals surface area contributed by atoms with Crippen molar-refractivity contribution in [2.24, 2.45) is 4.99 Å². The van der Waals surface area contributed by atoms with Crippen LogP contribution in [0.5, 0.6) is 0 Å². The number of ketones is 1. The molecule has 1 aromatic carbocycles. The fraction of sp³-hybridized carbons (Fsp3) is 0.500. The predicted octanol–water partition coefficient (Wildman–Crippen LogP) is 1.67. The van der Waals surface area contributed by atoms with Crippen LogP contribution in [0.1, 0.15) is 30.1 Å².